The smallest absolute Gasteiger partial charge is 0.340 e. The summed E-state index contributed by atoms with van der Waals surface area (Å²) in [6, 6.07) is 9.72. The molecule has 0 aliphatic carbocycles. The lowest BCUT2D eigenvalue weighted by atomic mass is 10.2. The number of carbonyl (C=O) groups excluding carboxylic acids is 2. The van der Waals surface area contributed by atoms with E-state index in [2.05, 4.69) is 5.32 Å². The highest BCUT2D eigenvalue weighted by Gasteiger charge is 2.16. The Balaban J connectivity index is 1.98. The van der Waals surface area contributed by atoms with E-state index in [4.69, 9.17) is 39.5 Å². The minimum atomic E-state index is -0.726. The molecule has 0 saturated heterocycles. The molecule has 0 aliphatic heterocycles. The fraction of sp³-hybridized carbons (Fsp3) is 0.125. The maximum Gasteiger partial charge on any atom is 0.340 e. The lowest BCUT2D eigenvalue weighted by Crippen LogP contribution is -2.21. The highest BCUT2D eigenvalue weighted by Crippen LogP contribution is 2.26. The van der Waals surface area contributed by atoms with Crippen molar-refractivity contribution in [1.82, 2.24) is 0 Å². The molecule has 7 heteroatoms. The van der Waals surface area contributed by atoms with Crippen LogP contribution in [0.2, 0.25) is 15.1 Å². The summed E-state index contributed by atoms with van der Waals surface area (Å²) >= 11 is 17.7. The molecule has 120 valence electrons. The second-order valence-corrected chi connectivity index (χ2v) is 5.83. The van der Waals surface area contributed by atoms with Crippen LogP contribution in [0.1, 0.15) is 15.9 Å². The minimum Gasteiger partial charge on any atom is -0.452 e. The van der Waals surface area contributed by atoms with Crippen LogP contribution >= 0.6 is 34.8 Å². The maximum atomic E-state index is 11.9. The fourth-order valence-corrected chi connectivity index (χ4v) is 2.35. The lowest BCUT2D eigenvalue weighted by Gasteiger charge is -2.10. The standard InChI is InChI=1S/C16H12Cl3NO3/c1-9-11(17)5-3-7-13(9)20-14(21)8-23-16(22)10-4-2-6-12(18)15(10)19/h2-7H,8H2,1H3,(H,20,21). The summed E-state index contributed by atoms with van der Waals surface area (Å²) in [6.45, 7) is 1.32. The van der Waals surface area contributed by atoms with Crippen LogP contribution in [-0.2, 0) is 9.53 Å². The van der Waals surface area contributed by atoms with E-state index >= 15 is 0 Å². The topological polar surface area (TPSA) is 55.4 Å². The highest BCUT2D eigenvalue weighted by atomic mass is 35.5. The number of halogens is 3. The van der Waals surface area contributed by atoms with Crippen LogP contribution in [0.3, 0.4) is 0 Å². The Morgan fingerprint density at radius 2 is 1.70 bits per heavy atom. The number of carbonyl (C=O) groups is 2. The summed E-state index contributed by atoms with van der Waals surface area (Å²) < 4.78 is 4.94. The summed E-state index contributed by atoms with van der Waals surface area (Å²) in [4.78, 5) is 23.8. The molecule has 0 radical (unpaired) electrons. The van der Waals surface area contributed by atoms with Crippen LogP contribution in [0.15, 0.2) is 36.4 Å². The van der Waals surface area contributed by atoms with Crippen molar-refractivity contribution < 1.29 is 14.3 Å². The molecule has 0 bridgehead atoms. The van der Waals surface area contributed by atoms with E-state index in [1.54, 1.807) is 37.3 Å². The molecule has 2 rings (SSSR count). The van der Waals surface area contributed by atoms with Gasteiger partial charge in [0, 0.05) is 10.7 Å². The van der Waals surface area contributed by atoms with Crippen molar-refractivity contribution in [1.29, 1.82) is 0 Å². The second-order valence-electron chi connectivity index (χ2n) is 4.64. The normalized spacial score (nSPS) is 10.3. The van der Waals surface area contributed by atoms with Gasteiger partial charge in [0.1, 0.15) is 0 Å². The first-order valence-electron chi connectivity index (χ1n) is 6.56. The molecule has 23 heavy (non-hydrogen) atoms. The monoisotopic (exact) mass is 371 g/mol. The number of anilines is 1. The van der Waals surface area contributed by atoms with Crippen LogP contribution in [0.25, 0.3) is 0 Å². The Hall–Kier alpha value is -1.75. The van der Waals surface area contributed by atoms with Gasteiger partial charge in [-0.1, -0.05) is 46.9 Å². The molecule has 0 heterocycles. The third-order valence-corrected chi connectivity index (χ3v) is 4.28. The summed E-state index contributed by atoms with van der Waals surface area (Å²) in [5.41, 5.74) is 1.39. The SMILES string of the molecule is Cc1c(Cl)cccc1NC(=O)COC(=O)c1cccc(Cl)c1Cl. The van der Waals surface area contributed by atoms with Crippen molar-refractivity contribution in [2.45, 2.75) is 6.92 Å². The Morgan fingerprint density at radius 3 is 2.43 bits per heavy atom. The molecule has 4 nitrogen and oxygen atoms in total. The van der Waals surface area contributed by atoms with E-state index in [1.807, 2.05) is 0 Å². The molecule has 2 aromatic rings. The third kappa shape index (κ3) is 4.38. The summed E-state index contributed by atoms with van der Waals surface area (Å²) in [5, 5.41) is 3.48. The van der Waals surface area contributed by atoms with Gasteiger partial charge in [-0.3, -0.25) is 4.79 Å². The van der Waals surface area contributed by atoms with Gasteiger partial charge in [0.2, 0.25) is 0 Å². The van der Waals surface area contributed by atoms with Gasteiger partial charge in [-0.15, -0.1) is 0 Å². The van der Waals surface area contributed by atoms with Gasteiger partial charge in [-0.25, -0.2) is 4.79 Å². The van der Waals surface area contributed by atoms with E-state index in [0.717, 1.165) is 5.56 Å². The molecule has 0 unspecified atom stereocenters. The zero-order valence-corrected chi connectivity index (χ0v) is 14.3. The van der Waals surface area contributed by atoms with Crippen LogP contribution in [0.4, 0.5) is 5.69 Å². The van der Waals surface area contributed by atoms with E-state index in [-0.39, 0.29) is 15.6 Å². The Morgan fingerprint density at radius 1 is 1.04 bits per heavy atom. The van der Waals surface area contributed by atoms with Crippen molar-refractivity contribution in [2.75, 3.05) is 11.9 Å². The predicted molar refractivity (Wildman–Crippen MR) is 91.6 cm³/mol. The molecule has 0 spiro atoms. The molecule has 0 aromatic heterocycles. The van der Waals surface area contributed by atoms with Crippen LogP contribution in [-0.4, -0.2) is 18.5 Å². The van der Waals surface area contributed by atoms with E-state index in [0.29, 0.717) is 10.7 Å². The number of benzene rings is 2. The van der Waals surface area contributed by atoms with Gasteiger partial charge < -0.3 is 10.1 Å². The van der Waals surface area contributed by atoms with Crippen molar-refractivity contribution in [3.05, 3.63) is 62.6 Å². The van der Waals surface area contributed by atoms with Gasteiger partial charge in [-0.05, 0) is 36.8 Å². The first kappa shape index (κ1) is 17.6. The average Bonchev–Trinajstić information content (AvgIpc) is 2.52. The van der Waals surface area contributed by atoms with Gasteiger partial charge >= 0.3 is 5.97 Å². The van der Waals surface area contributed by atoms with Gasteiger partial charge in [-0.2, -0.15) is 0 Å². The first-order valence-corrected chi connectivity index (χ1v) is 7.69. The minimum absolute atomic E-state index is 0.0882. The van der Waals surface area contributed by atoms with Crippen molar-refractivity contribution in [2.24, 2.45) is 0 Å². The Kier molecular flexibility index (Phi) is 5.88. The Labute approximate surface area is 148 Å². The number of hydrogen-bond donors (Lipinski definition) is 1. The van der Waals surface area contributed by atoms with Crippen LogP contribution in [0.5, 0.6) is 0 Å². The summed E-state index contributed by atoms with van der Waals surface area (Å²) in [7, 11) is 0. The van der Waals surface area contributed by atoms with E-state index in [9.17, 15) is 9.59 Å². The Bertz CT molecular complexity index is 762. The maximum absolute atomic E-state index is 11.9. The number of rotatable bonds is 4. The van der Waals surface area contributed by atoms with Gasteiger partial charge in [0.05, 0.1) is 15.6 Å². The molecular weight excluding hydrogens is 361 g/mol. The number of ether oxygens (including phenoxy) is 1. The molecule has 0 fully saturated rings. The predicted octanol–water partition coefficient (Wildman–Crippen LogP) is 4.75. The number of hydrogen-bond acceptors (Lipinski definition) is 3. The first-order chi connectivity index (χ1) is 10.9. The largest absolute Gasteiger partial charge is 0.452 e. The molecule has 2 aromatic carbocycles. The molecular formula is C16H12Cl3NO3. The van der Waals surface area contributed by atoms with Crippen LogP contribution in [0, 0.1) is 6.92 Å². The van der Waals surface area contributed by atoms with Crippen molar-refractivity contribution in [3.63, 3.8) is 0 Å². The molecule has 1 amide bonds. The molecule has 0 aliphatic rings. The summed E-state index contributed by atoms with van der Waals surface area (Å²) in [5.74, 6) is -1.21. The zero-order valence-electron chi connectivity index (χ0n) is 12.0. The fourth-order valence-electron chi connectivity index (χ4n) is 1.80. The molecule has 1 N–H and O–H groups in total. The van der Waals surface area contributed by atoms with Gasteiger partial charge in [0.15, 0.2) is 6.61 Å². The van der Waals surface area contributed by atoms with E-state index in [1.165, 1.54) is 6.07 Å². The van der Waals surface area contributed by atoms with Crippen molar-refractivity contribution >= 4 is 52.4 Å². The number of esters is 1. The van der Waals surface area contributed by atoms with Crippen LogP contribution < -0.4 is 5.32 Å². The number of amides is 1. The summed E-state index contributed by atoms with van der Waals surface area (Å²) in [6.07, 6.45) is 0. The van der Waals surface area contributed by atoms with E-state index < -0.39 is 18.5 Å². The zero-order chi connectivity index (χ0) is 17.0. The lowest BCUT2D eigenvalue weighted by molar-refractivity contribution is -0.119. The molecule has 0 atom stereocenters. The number of nitrogens with one attached hydrogen (secondary N) is 1. The highest BCUT2D eigenvalue weighted by molar-refractivity contribution is 6.43. The van der Waals surface area contributed by atoms with Crippen molar-refractivity contribution in [3.8, 4) is 0 Å². The van der Waals surface area contributed by atoms with Gasteiger partial charge in [0.25, 0.3) is 5.91 Å². The molecule has 0 saturated carbocycles. The second kappa shape index (κ2) is 7.68. The average molecular weight is 373 g/mol. The third-order valence-electron chi connectivity index (χ3n) is 3.05. The quantitative estimate of drug-likeness (QED) is 0.788.